The van der Waals surface area contributed by atoms with Gasteiger partial charge in [-0.15, -0.1) is 0 Å². The number of benzene rings is 2. The first-order valence-electron chi connectivity index (χ1n) is 12.8. The molecule has 265 valence electrons. The Morgan fingerprint density at radius 1 is 0.553 bits per heavy atom. The summed E-state index contributed by atoms with van der Waals surface area (Å²) in [7, 11) is -7.60. The third-order valence-electron chi connectivity index (χ3n) is 4.66. The summed E-state index contributed by atoms with van der Waals surface area (Å²) < 4.78 is 54.9. The molecular formula is C26H42CuN12O6S2. The van der Waals surface area contributed by atoms with E-state index < -0.39 is 20.0 Å². The third-order valence-corrected chi connectivity index (χ3v) is 7.20. The standard InChI is InChI=1S/2C11H11N4O2S.2C2H8N2.Cu.2H2O/c2*1-8-6-7-13-11(14-8)15-18(16,17)10-4-2-9(12)3-5-10;2*3-1-2-4;;;/h2*2-7H,12H2,1H3;2*1-4H2;;2*1H2/q2*-1;;;+2;;. The maximum atomic E-state index is 11.9. The van der Waals surface area contributed by atoms with E-state index in [4.69, 9.17) is 34.4 Å². The van der Waals surface area contributed by atoms with Crippen LogP contribution in [0.4, 0.5) is 23.3 Å². The third kappa shape index (κ3) is 18.7. The number of sulfonamides is 2. The van der Waals surface area contributed by atoms with Gasteiger partial charge in [-0.25, -0.2) is 16.8 Å². The van der Waals surface area contributed by atoms with Crippen LogP contribution in [0.3, 0.4) is 0 Å². The van der Waals surface area contributed by atoms with Gasteiger partial charge in [0.2, 0.25) is 20.0 Å². The van der Waals surface area contributed by atoms with Crippen LogP contribution in [-0.4, -0.2) is 73.9 Å². The molecule has 0 saturated heterocycles. The Labute approximate surface area is 285 Å². The Morgan fingerprint density at radius 3 is 1.06 bits per heavy atom. The Kier molecular flexibility index (Phi) is 24.4. The van der Waals surface area contributed by atoms with Gasteiger partial charge in [0.15, 0.2) is 0 Å². The van der Waals surface area contributed by atoms with Crippen LogP contribution in [0.2, 0.25) is 0 Å². The molecule has 0 amide bonds. The molecule has 0 aliphatic carbocycles. The van der Waals surface area contributed by atoms with Gasteiger partial charge in [-0.05, 0) is 86.2 Å². The van der Waals surface area contributed by atoms with Gasteiger partial charge in [0.25, 0.3) is 0 Å². The normalized spacial score (nSPS) is 9.83. The predicted molar refractivity (Wildman–Crippen MR) is 179 cm³/mol. The van der Waals surface area contributed by atoms with Gasteiger partial charge in [0, 0.05) is 49.5 Å². The van der Waals surface area contributed by atoms with Crippen molar-refractivity contribution in [1.29, 1.82) is 0 Å². The van der Waals surface area contributed by atoms with Crippen molar-refractivity contribution in [2.24, 2.45) is 22.9 Å². The van der Waals surface area contributed by atoms with Gasteiger partial charge < -0.3 is 65.3 Å². The average molecular weight is 746 g/mol. The molecule has 0 aliphatic heterocycles. The van der Waals surface area contributed by atoms with Crippen molar-refractivity contribution in [3.05, 3.63) is 93.9 Å². The summed E-state index contributed by atoms with van der Waals surface area (Å²) in [6, 6.07) is 14.9. The molecule has 47 heavy (non-hydrogen) atoms. The first kappa shape index (κ1) is 47.4. The minimum atomic E-state index is -3.80. The van der Waals surface area contributed by atoms with Gasteiger partial charge in [-0.1, -0.05) is 12.1 Å². The number of nitrogen functional groups attached to an aromatic ring is 2. The van der Waals surface area contributed by atoms with Crippen molar-refractivity contribution in [2.45, 2.75) is 23.6 Å². The van der Waals surface area contributed by atoms with Gasteiger partial charge in [0.1, 0.15) is 0 Å². The average Bonchev–Trinajstić information content (AvgIpc) is 2.98. The van der Waals surface area contributed by atoms with E-state index in [2.05, 4.69) is 29.4 Å². The van der Waals surface area contributed by atoms with Crippen LogP contribution in [0.15, 0.2) is 82.8 Å². The number of aromatic nitrogens is 4. The number of nitrogens with two attached hydrogens (primary N) is 6. The zero-order chi connectivity index (χ0) is 33.2. The van der Waals surface area contributed by atoms with Crippen LogP contribution in [0.1, 0.15) is 11.4 Å². The van der Waals surface area contributed by atoms with Crippen LogP contribution in [0.25, 0.3) is 9.44 Å². The largest absolute Gasteiger partial charge is 2.00 e. The zero-order valence-electron chi connectivity index (χ0n) is 25.7. The molecule has 1 radical (unpaired) electrons. The van der Waals surface area contributed by atoms with Crippen LogP contribution < -0.4 is 34.4 Å². The minimum absolute atomic E-state index is 0. The monoisotopic (exact) mass is 745 g/mol. The molecule has 2 heterocycles. The molecule has 4 rings (SSSR count). The fourth-order valence-corrected chi connectivity index (χ4v) is 4.34. The fraction of sp³-hybridized carbons (Fsp3) is 0.231. The maximum Gasteiger partial charge on any atom is 2.00 e. The SMILES string of the molecule is Cc1ccnc([N-]S(=O)(=O)c2ccc(N)cc2)n1.Cc1ccnc([N-]S(=O)(=O)c2ccc(N)cc2)n1.NCCN.NCCN.O.O.[Cu+2]. The van der Waals surface area contributed by atoms with E-state index in [0.29, 0.717) is 48.9 Å². The number of hydrogen-bond donors (Lipinski definition) is 6. The Hall–Kier alpha value is -4.02. The molecule has 0 unspecified atom stereocenters. The van der Waals surface area contributed by atoms with Crippen LogP contribution in [0.5, 0.6) is 0 Å². The molecule has 4 aromatic rings. The quantitative estimate of drug-likeness (QED) is 0.0994. The zero-order valence-corrected chi connectivity index (χ0v) is 28.2. The summed E-state index contributed by atoms with van der Waals surface area (Å²) in [5.74, 6) is -0.154. The first-order chi connectivity index (χ1) is 20.8. The van der Waals surface area contributed by atoms with E-state index in [-0.39, 0.29) is 49.7 Å². The van der Waals surface area contributed by atoms with Gasteiger partial charge >= 0.3 is 17.1 Å². The first-order valence-corrected chi connectivity index (χ1v) is 15.7. The molecule has 18 nitrogen and oxygen atoms in total. The predicted octanol–water partition coefficient (Wildman–Crippen LogP) is -0.322. The molecule has 2 aromatic carbocycles. The maximum absolute atomic E-state index is 11.9. The van der Waals surface area contributed by atoms with Crippen LogP contribution in [-0.2, 0) is 37.1 Å². The molecule has 2 aromatic heterocycles. The Morgan fingerprint density at radius 2 is 0.830 bits per heavy atom. The van der Waals surface area contributed by atoms with E-state index in [1.807, 2.05) is 0 Å². The second kappa shape index (κ2) is 24.2. The fourth-order valence-electron chi connectivity index (χ4n) is 2.56. The van der Waals surface area contributed by atoms with Crippen molar-refractivity contribution in [3.63, 3.8) is 0 Å². The van der Waals surface area contributed by atoms with E-state index >= 15 is 0 Å². The second-order valence-electron chi connectivity index (χ2n) is 8.42. The van der Waals surface area contributed by atoms with Gasteiger partial charge in [-0.2, -0.15) is 0 Å². The number of anilines is 2. The molecule has 0 saturated carbocycles. The van der Waals surface area contributed by atoms with E-state index in [9.17, 15) is 16.8 Å². The second-order valence-corrected chi connectivity index (χ2v) is 11.6. The van der Waals surface area contributed by atoms with E-state index in [0.717, 1.165) is 0 Å². The number of rotatable bonds is 8. The number of nitrogens with zero attached hydrogens (tertiary/aromatic N) is 6. The van der Waals surface area contributed by atoms with Crippen LogP contribution in [0, 0.1) is 13.8 Å². The Bertz CT molecular complexity index is 1510. The molecule has 21 heteroatoms. The number of aryl methyl sites for hydroxylation is 2. The summed E-state index contributed by atoms with van der Waals surface area (Å²) in [4.78, 5) is 15.5. The molecule has 0 aliphatic rings. The topological polar surface area (TPSA) is 367 Å². The minimum Gasteiger partial charge on any atom is -0.412 e. The van der Waals surface area contributed by atoms with Crippen molar-refractivity contribution in [3.8, 4) is 0 Å². The summed E-state index contributed by atoms with van der Waals surface area (Å²) in [5, 5.41) is 0. The van der Waals surface area contributed by atoms with Crippen molar-refractivity contribution >= 4 is 43.3 Å². The summed E-state index contributed by atoms with van der Waals surface area (Å²) >= 11 is 0. The number of hydrogen-bond acceptors (Lipinski definition) is 14. The summed E-state index contributed by atoms with van der Waals surface area (Å²) in [5.41, 5.74) is 32.9. The molecule has 0 fully saturated rings. The van der Waals surface area contributed by atoms with Crippen molar-refractivity contribution in [2.75, 3.05) is 37.6 Å². The summed E-state index contributed by atoms with van der Waals surface area (Å²) in [6.45, 7) is 5.85. The van der Waals surface area contributed by atoms with Crippen molar-refractivity contribution in [1.82, 2.24) is 19.9 Å². The van der Waals surface area contributed by atoms with Crippen LogP contribution >= 0.6 is 0 Å². The molecular weight excluding hydrogens is 704 g/mol. The molecule has 16 N–H and O–H groups in total. The van der Waals surface area contributed by atoms with E-state index in [1.165, 1.54) is 60.9 Å². The van der Waals surface area contributed by atoms with Gasteiger partial charge in [0.05, 0.1) is 9.79 Å². The van der Waals surface area contributed by atoms with Crippen molar-refractivity contribution < 1.29 is 44.9 Å². The van der Waals surface area contributed by atoms with Gasteiger partial charge in [-0.3, -0.25) is 9.44 Å². The molecule has 0 bridgehead atoms. The smallest absolute Gasteiger partial charge is 0.412 e. The van der Waals surface area contributed by atoms with E-state index in [1.54, 1.807) is 26.0 Å². The summed E-state index contributed by atoms with van der Waals surface area (Å²) in [6.07, 6.45) is 2.92. The molecule has 0 spiro atoms. The molecule has 0 atom stereocenters. The Balaban J connectivity index is -0.000000638.